The number of piperidine rings is 1. The lowest BCUT2D eigenvalue weighted by atomic mass is 10.1. The largest absolute Gasteiger partial charge is 0.493 e. The van der Waals surface area contributed by atoms with E-state index < -0.39 is 5.82 Å². The standard InChI is InChI=1S/C20H19ClFN3O/c21-17-5-4-16(7-18(17)22)26-13-20-8-14(20)10-24(12-20)11-19-23-9-15-3-1-2-6-25(15)19/h1-7,9,14H,8,10-13H2. The van der Waals surface area contributed by atoms with E-state index in [4.69, 9.17) is 16.3 Å². The van der Waals surface area contributed by atoms with Gasteiger partial charge in [-0.2, -0.15) is 0 Å². The maximum atomic E-state index is 13.6. The van der Waals surface area contributed by atoms with Crippen LogP contribution in [0.25, 0.3) is 5.52 Å². The summed E-state index contributed by atoms with van der Waals surface area (Å²) in [6, 6.07) is 10.7. The molecule has 0 N–H and O–H groups in total. The van der Waals surface area contributed by atoms with Gasteiger partial charge in [0.1, 0.15) is 17.4 Å². The number of benzene rings is 1. The number of halogens is 2. The molecule has 5 rings (SSSR count). The molecule has 2 fully saturated rings. The maximum Gasteiger partial charge on any atom is 0.145 e. The van der Waals surface area contributed by atoms with Crippen LogP contribution in [0.3, 0.4) is 0 Å². The van der Waals surface area contributed by atoms with E-state index in [9.17, 15) is 4.39 Å². The zero-order chi connectivity index (χ0) is 17.7. The van der Waals surface area contributed by atoms with E-state index in [0.29, 0.717) is 18.3 Å². The van der Waals surface area contributed by atoms with Crippen LogP contribution in [-0.2, 0) is 6.54 Å². The molecule has 3 heterocycles. The van der Waals surface area contributed by atoms with Crippen molar-refractivity contribution in [3.8, 4) is 5.75 Å². The van der Waals surface area contributed by atoms with Gasteiger partial charge in [0.25, 0.3) is 0 Å². The molecule has 1 aliphatic heterocycles. The smallest absolute Gasteiger partial charge is 0.145 e. The Morgan fingerprint density at radius 1 is 1.31 bits per heavy atom. The number of fused-ring (bicyclic) bond motifs is 2. The highest BCUT2D eigenvalue weighted by molar-refractivity contribution is 6.30. The van der Waals surface area contributed by atoms with Gasteiger partial charge >= 0.3 is 0 Å². The van der Waals surface area contributed by atoms with E-state index in [1.807, 2.05) is 18.3 Å². The summed E-state index contributed by atoms with van der Waals surface area (Å²) in [6.07, 6.45) is 5.16. The molecule has 4 nitrogen and oxygen atoms in total. The van der Waals surface area contributed by atoms with Crippen LogP contribution in [0.5, 0.6) is 5.75 Å². The Bertz CT molecular complexity index is 975. The van der Waals surface area contributed by atoms with Crippen molar-refractivity contribution < 1.29 is 9.13 Å². The third-order valence-electron chi connectivity index (χ3n) is 5.67. The maximum absolute atomic E-state index is 13.6. The third kappa shape index (κ3) is 2.75. The lowest BCUT2D eigenvalue weighted by Crippen LogP contribution is -2.28. The number of hydrogen-bond acceptors (Lipinski definition) is 3. The van der Waals surface area contributed by atoms with Crippen LogP contribution < -0.4 is 4.74 Å². The average Bonchev–Trinajstić information content (AvgIpc) is 2.99. The molecule has 2 atom stereocenters. The van der Waals surface area contributed by atoms with Crippen LogP contribution >= 0.6 is 11.6 Å². The molecule has 1 aromatic carbocycles. The number of imidazole rings is 1. The summed E-state index contributed by atoms with van der Waals surface area (Å²) >= 11 is 5.73. The molecule has 2 unspecified atom stereocenters. The first-order valence-electron chi connectivity index (χ1n) is 8.84. The summed E-state index contributed by atoms with van der Waals surface area (Å²) in [6.45, 7) is 3.53. The second-order valence-electron chi connectivity index (χ2n) is 7.47. The van der Waals surface area contributed by atoms with Gasteiger partial charge in [-0.1, -0.05) is 17.7 Å². The molecule has 6 heteroatoms. The van der Waals surface area contributed by atoms with Gasteiger partial charge in [-0.15, -0.1) is 0 Å². The predicted octanol–water partition coefficient (Wildman–Crippen LogP) is 4.03. The van der Waals surface area contributed by atoms with Crippen LogP contribution in [0.4, 0.5) is 4.39 Å². The number of pyridine rings is 1. The fourth-order valence-electron chi connectivity index (χ4n) is 4.16. The molecule has 134 valence electrons. The number of rotatable bonds is 5. The van der Waals surface area contributed by atoms with Gasteiger partial charge in [0.15, 0.2) is 0 Å². The van der Waals surface area contributed by atoms with Gasteiger partial charge in [0.2, 0.25) is 0 Å². The van der Waals surface area contributed by atoms with Crippen molar-refractivity contribution in [2.45, 2.75) is 13.0 Å². The van der Waals surface area contributed by atoms with E-state index in [2.05, 4.69) is 26.5 Å². The number of nitrogens with zero attached hydrogens (tertiary/aromatic N) is 3. The molecule has 1 aliphatic carbocycles. The Labute approximate surface area is 156 Å². The minimum atomic E-state index is -0.437. The lowest BCUT2D eigenvalue weighted by molar-refractivity contribution is 0.198. The third-order valence-corrected chi connectivity index (χ3v) is 5.98. The SMILES string of the molecule is Fc1cc(OCC23CC2CN(Cc2ncc4ccccn24)C3)ccc1Cl. The summed E-state index contributed by atoms with van der Waals surface area (Å²) in [5.74, 6) is 1.83. The van der Waals surface area contributed by atoms with Crippen molar-refractivity contribution in [1.29, 1.82) is 0 Å². The quantitative estimate of drug-likeness (QED) is 0.678. The molecule has 1 saturated heterocycles. The first-order chi connectivity index (χ1) is 12.6. The highest BCUT2D eigenvalue weighted by Crippen LogP contribution is 2.58. The molecular weight excluding hydrogens is 353 g/mol. The van der Waals surface area contributed by atoms with Crippen molar-refractivity contribution in [1.82, 2.24) is 14.3 Å². The topological polar surface area (TPSA) is 29.8 Å². The Morgan fingerprint density at radius 2 is 2.23 bits per heavy atom. The molecule has 2 aliphatic rings. The Morgan fingerprint density at radius 3 is 3.12 bits per heavy atom. The van der Waals surface area contributed by atoms with Gasteiger partial charge in [-0.25, -0.2) is 9.37 Å². The summed E-state index contributed by atoms with van der Waals surface area (Å²) in [4.78, 5) is 7.01. The zero-order valence-electron chi connectivity index (χ0n) is 14.2. The van der Waals surface area contributed by atoms with Crippen molar-refractivity contribution in [2.24, 2.45) is 11.3 Å². The van der Waals surface area contributed by atoms with E-state index in [1.165, 1.54) is 12.5 Å². The van der Waals surface area contributed by atoms with Crippen molar-refractivity contribution >= 4 is 17.1 Å². The Hall–Kier alpha value is -2.11. The molecular formula is C20H19ClFN3O. The Balaban J connectivity index is 1.24. The number of ether oxygens (including phenoxy) is 1. The molecule has 3 aromatic rings. The monoisotopic (exact) mass is 371 g/mol. The predicted molar refractivity (Wildman–Crippen MR) is 97.9 cm³/mol. The van der Waals surface area contributed by atoms with Crippen LogP contribution in [0.1, 0.15) is 12.2 Å². The fraction of sp³-hybridized carbons (Fsp3) is 0.350. The van der Waals surface area contributed by atoms with Crippen LogP contribution in [0.15, 0.2) is 48.8 Å². The normalized spacial score (nSPS) is 24.8. The number of hydrogen-bond donors (Lipinski definition) is 0. The lowest BCUT2D eigenvalue weighted by Gasteiger charge is -2.20. The second-order valence-corrected chi connectivity index (χ2v) is 7.87. The number of aromatic nitrogens is 2. The van der Waals surface area contributed by atoms with Gasteiger partial charge in [0, 0.05) is 30.8 Å². The highest BCUT2D eigenvalue weighted by Gasteiger charge is 2.60. The van der Waals surface area contributed by atoms with Crippen LogP contribution in [0.2, 0.25) is 5.02 Å². The van der Waals surface area contributed by atoms with E-state index in [0.717, 1.165) is 31.0 Å². The minimum absolute atomic E-state index is 0.124. The summed E-state index contributed by atoms with van der Waals surface area (Å²) in [5, 5.41) is 0.124. The van der Waals surface area contributed by atoms with E-state index in [1.54, 1.807) is 12.1 Å². The molecule has 0 spiro atoms. The summed E-state index contributed by atoms with van der Waals surface area (Å²) in [5.41, 5.74) is 1.32. The van der Waals surface area contributed by atoms with Crippen molar-refractivity contribution in [2.75, 3.05) is 19.7 Å². The fourth-order valence-corrected chi connectivity index (χ4v) is 4.28. The van der Waals surface area contributed by atoms with E-state index in [-0.39, 0.29) is 10.4 Å². The van der Waals surface area contributed by atoms with Crippen molar-refractivity contribution in [3.05, 3.63) is 65.5 Å². The second kappa shape index (κ2) is 5.96. The summed E-state index contributed by atoms with van der Waals surface area (Å²) in [7, 11) is 0. The molecule has 2 aromatic heterocycles. The molecule has 0 amide bonds. The van der Waals surface area contributed by atoms with Crippen LogP contribution in [-0.4, -0.2) is 34.0 Å². The molecule has 26 heavy (non-hydrogen) atoms. The Kier molecular flexibility index (Phi) is 3.69. The van der Waals surface area contributed by atoms with Gasteiger partial charge in [-0.05, 0) is 36.6 Å². The van der Waals surface area contributed by atoms with Crippen LogP contribution in [0, 0.1) is 17.2 Å². The zero-order valence-corrected chi connectivity index (χ0v) is 15.0. The first-order valence-corrected chi connectivity index (χ1v) is 9.22. The molecule has 0 radical (unpaired) electrons. The summed E-state index contributed by atoms with van der Waals surface area (Å²) < 4.78 is 21.6. The first kappa shape index (κ1) is 16.1. The van der Waals surface area contributed by atoms with Gasteiger partial charge < -0.3 is 9.14 Å². The molecule has 1 saturated carbocycles. The molecule has 0 bridgehead atoms. The average molecular weight is 372 g/mol. The van der Waals surface area contributed by atoms with E-state index >= 15 is 0 Å². The van der Waals surface area contributed by atoms with Gasteiger partial charge in [-0.3, -0.25) is 4.90 Å². The highest BCUT2D eigenvalue weighted by atomic mass is 35.5. The minimum Gasteiger partial charge on any atom is -0.493 e. The van der Waals surface area contributed by atoms with Crippen molar-refractivity contribution in [3.63, 3.8) is 0 Å². The number of likely N-dealkylation sites (tertiary alicyclic amines) is 1. The van der Waals surface area contributed by atoms with Gasteiger partial charge in [0.05, 0.1) is 29.9 Å².